The first-order chi connectivity index (χ1) is 9.17. The summed E-state index contributed by atoms with van der Waals surface area (Å²) in [6, 6.07) is 5.76. The molecule has 0 spiro atoms. The van der Waals surface area contributed by atoms with Crippen molar-refractivity contribution in [2.45, 2.75) is 24.8 Å². The molecule has 1 aromatic carbocycles. The van der Waals surface area contributed by atoms with Crippen LogP contribution in [0.2, 0.25) is 0 Å². The van der Waals surface area contributed by atoms with Crippen LogP contribution in [0.4, 0.5) is 0 Å². The third-order valence-corrected chi connectivity index (χ3v) is 6.50. The van der Waals surface area contributed by atoms with E-state index in [1.807, 2.05) is 16.8 Å². The van der Waals surface area contributed by atoms with E-state index in [1.54, 1.807) is 6.07 Å². The van der Waals surface area contributed by atoms with Crippen LogP contribution in [0.5, 0.6) is 5.75 Å². The summed E-state index contributed by atoms with van der Waals surface area (Å²) in [7, 11) is -3.00. The number of aryl methyl sites for hydroxylation is 1. The van der Waals surface area contributed by atoms with E-state index in [0.717, 1.165) is 12.8 Å². The Kier molecular flexibility index (Phi) is 2.55. The summed E-state index contributed by atoms with van der Waals surface area (Å²) in [5, 5.41) is 9.57. The van der Waals surface area contributed by atoms with E-state index in [2.05, 4.69) is 0 Å². The molecule has 3 aliphatic rings. The molecule has 102 valence electrons. The van der Waals surface area contributed by atoms with Gasteiger partial charge in [-0.05, 0) is 36.1 Å². The van der Waals surface area contributed by atoms with Crippen LogP contribution < -0.4 is 0 Å². The van der Waals surface area contributed by atoms with Gasteiger partial charge in [-0.25, -0.2) is 9.24 Å². The van der Waals surface area contributed by atoms with Crippen molar-refractivity contribution < 1.29 is 18.7 Å². The van der Waals surface area contributed by atoms with Crippen LogP contribution in [0, 0.1) is 0 Å². The Labute approximate surface area is 111 Å². The molecule has 5 nitrogen and oxygen atoms in total. The van der Waals surface area contributed by atoms with Gasteiger partial charge in [-0.15, -0.1) is 0 Å². The molecule has 0 saturated carbocycles. The Balaban J connectivity index is 1.74. The monoisotopic (exact) mass is 281 g/mol. The fourth-order valence-corrected chi connectivity index (χ4v) is 5.52. The van der Waals surface area contributed by atoms with Crippen LogP contribution in [0.3, 0.4) is 0 Å². The Morgan fingerprint density at radius 1 is 1.37 bits per heavy atom. The van der Waals surface area contributed by atoms with Crippen molar-refractivity contribution in [3.05, 3.63) is 29.3 Å². The summed E-state index contributed by atoms with van der Waals surface area (Å²) < 4.78 is 25.2. The number of nitrogens with zero attached hydrogens (tertiary/aromatic N) is 1. The van der Waals surface area contributed by atoms with Gasteiger partial charge in [0.1, 0.15) is 5.75 Å². The highest BCUT2D eigenvalue weighted by atomic mass is 31.2. The zero-order chi connectivity index (χ0) is 13.0. The van der Waals surface area contributed by atoms with Gasteiger partial charge in [0, 0.05) is 18.5 Å². The molecule has 1 aromatic rings. The van der Waals surface area contributed by atoms with Gasteiger partial charge in [-0.3, -0.25) is 9.05 Å². The molecule has 4 rings (SSSR count). The first kappa shape index (κ1) is 11.9. The highest BCUT2D eigenvalue weighted by Crippen LogP contribution is 2.62. The lowest BCUT2D eigenvalue weighted by atomic mass is 9.79. The van der Waals surface area contributed by atoms with Crippen LogP contribution in [0.1, 0.15) is 23.5 Å². The minimum Gasteiger partial charge on any atom is -0.508 e. The van der Waals surface area contributed by atoms with Crippen LogP contribution in [0.15, 0.2) is 18.2 Å². The normalized spacial score (nSPS) is 37.5. The number of rotatable bonds is 0. The average Bonchev–Trinajstić information content (AvgIpc) is 2.79. The van der Waals surface area contributed by atoms with Crippen LogP contribution in [0.25, 0.3) is 0 Å². The van der Waals surface area contributed by atoms with Gasteiger partial charge in [-0.1, -0.05) is 6.07 Å². The van der Waals surface area contributed by atoms with Crippen molar-refractivity contribution >= 4 is 7.75 Å². The molecule has 19 heavy (non-hydrogen) atoms. The van der Waals surface area contributed by atoms with E-state index in [9.17, 15) is 9.67 Å². The van der Waals surface area contributed by atoms with Crippen molar-refractivity contribution in [2.24, 2.45) is 0 Å². The lowest BCUT2D eigenvalue weighted by Gasteiger charge is -2.43. The third-order valence-electron chi connectivity index (χ3n) is 4.39. The van der Waals surface area contributed by atoms with Crippen molar-refractivity contribution in [2.75, 3.05) is 19.8 Å². The molecule has 0 radical (unpaired) electrons. The molecule has 3 atom stereocenters. The van der Waals surface area contributed by atoms with Crippen LogP contribution in [-0.2, 0) is 20.0 Å². The lowest BCUT2D eigenvalue weighted by Crippen LogP contribution is -2.44. The minimum absolute atomic E-state index is 0.230. The second-order valence-corrected chi connectivity index (χ2v) is 7.32. The zero-order valence-electron chi connectivity index (χ0n) is 10.5. The maximum atomic E-state index is 12.5. The van der Waals surface area contributed by atoms with Gasteiger partial charge in [0.15, 0.2) is 0 Å². The molecule has 0 amide bonds. The highest BCUT2D eigenvalue weighted by molar-refractivity contribution is 7.51. The summed E-state index contributed by atoms with van der Waals surface area (Å²) in [6.45, 7) is 1.62. The number of phenols is 1. The van der Waals surface area contributed by atoms with E-state index >= 15 is 0 Å². The van der Waals surface area contributed by atoms with E-state index < -0.39 is 7.75 Å². The van der Waals surface area contributed by atoms with Gasteiger partial charge >= 0.3 is 7.75 Å². The molecule has 1 N–H and O–H groups in total. The fourth-order valence-electron chi connectivity index (χ4n) is 3.52. The van der Waals surface area contributed by atoms with Gasteiger partial charge in [0.05, 0.1) is 13.2 Å². The quantitative estimate of drug-likeness (QED) is 0.739. The molecule has 1 aliphatic carbocycles. The predicted molar refractivity (Wildman–Crippen MR) is 69.2 cm³/mol. The third kappa shape index (κ3) is 1.69. The molecular formula is C13H16NO4P. The second kappa shape index (κ2) is 4.06. The molecule has 0 bridgehead atoms. The minimum atomic E-state index is -3.00. The highest BCUT2D eigenvalue weighted by Gasteiger charge is 2.51. The van der Waals surface area contributed by atoms with Crippen molar-refractivity contribution in [3.63, 3.8) is 0 Å². The predicted octanol–water partition coefficient (Wildman–Crippen LogP) is 2.26. The Morgan fingerprint density at radius 2 is 2.26 bits per heavy atom. The molecular weight excluding hydrogens is 265 g/mol. The van der Waals surface area contributed by atoms with Crippen LogP contribution in [-0.4, -0.2) is 35.6 Å². The molecule has 0 aromatic heterocycles. The van der Waals surface area contributed by atoms with E-state index in [0.29, 0.717) is 25.5 Å². The first-order valence-electron chi connectivity index (χ1n) is 6.65. The summed E-state index contributed by atoms with van der Waals surface area (Å²) >= 11 is 0. The van der Waals surface area contributed by atoms with E-state index in [4.69, 9.17) is 9.05 Å². The second-order valence-electron chi connectivity index (χ2n) is 5.36. The maximum Gasteiger partial charge on any atom is 0.408 e. The fraction of sp³-hybridized carbons (Fsp3) is 0.538. The number of hydrogen-bond donors (Lipinski definition) is 1. The molecule has 6 heteroatoms. The number of phenolic OH excluding ortho intramolecular Hbond substituents is 1. The lowest BCUT2D eigenvalue weighted by molar-refractivity contribution is 0.116. The van der Waals surface area contributed by atoms with Gasteiger partial charge in [-0.2, -0.15) is 0 Å². The number of fused-ring (bicyclic) bond motifs is 5. The van der Waals surface area contributed by atoms with Gasteiger partial charge < -0.3 is 5.11 Å². The number of aromatic hydroxyl groups is 1. The van der Waals surface area contributed by atoms with E-state index in [-0.39, 0.29) is 12.0 Å². The number of hydrogen-bond acceptors (Lipinski definition) is 4. The SMILES string of the molecule is O=P12OCCN1C1CCc3cc(O)ccc3C1CO2. The number of benzene rings is 1. The van der Waals surface area contributed by atoms with Crippen molar-refractivity contribution in [1.82, 2.24) is 4.67 Å². The summed E-state index contributed by atoms with van der Waals surface area (Å²) in [4.78, 5) is 0. The first-order valence-corrected chi connectivity index (χ1v) is 8.15. The van der Waals surface area contributed by atoms with Gasteiger partial charge in [0.25, 0.3) is 0 Å². The topological polar surface area (TPSA) is 59.0 Å². The molecule has 2 heterocycles. The summed E-state index contributed by atoms with van der Waals surface area (Å²) in [6.07, 6.45) is 1.85. The zero-order valence-corrected chi connectivity index (χ0v) is 11.4. The largest absolute Gasteiger partial charge is 0.508 e. The van der Waals surface area contributed by atoms with Crippen molar-refractivity contribution in [1.29, 1.82) is 0 Å². The van der Waals surface area contributed by atoms with Crippen LogP contribution >= 0.6 is 7.75 Å². The maximum absolute atomic E-state index is 12.5. The Hall–Kier alpha value is -0.870. The Morgan fingerprint density at radius 3 is 3.16 bits per heavy atom. The molecule has 2 aliphatic heterocycles. The summed E-state index contributed by atoms with van der Waals surface area (Å²) in [5.41, 5.74) is 2.40. The van der Waals surface area contributed by atoms with E-state index in [1.165, 1.54) is 11.1 Å². The Bertz CT molecular complexity index is 576. The smallest absolute Gasteiger partial charge is 0.408 e. The standard InChI is InChI=1S/C13H16NO4P/c15-10-2-3-11-9(7-10)1-4-13-12(11)8-18-19(16)14(13)5-6-17-19/h2-3,7,12-13,15H,1,4-6,8H2. The molecule has 3 unspecified atom stereocenters. The molecule has 2 saturated heterocycles. The molecule has 2 fully saturated rings. The van der Waals surface area contributed by atoms with Crippen molar-refractivity contribution in [3.8, 4) is 5.75 Å². The summed E-state index contributed by atoms with van der Waals surface area (Å²) in [5.74, 6) is 0.539. The van der Waals surface area contributed by atoms with Gasteiger partial charge in [0.2, 0.25) is 0 Å². The average molecular weight is 281 g/mol.